The third-order valence-corrected chi connectivity index (χ3v) is 2.92. The maximum Gasteiger partial charge on any atom is 0.0923 e. The second-order valence-corrected chi connectivity index (χ2v) is 3.85. The van der Waals surface area contributed by atoms with E-state index in [1.807, 2.05) is 18.3 Å². The molecular weight excluding hydrogens is 184 g/mol. The topological polar surface area (TPSA) is 28.7 Å². The van der Waals surface area contributed by atoms with E-state index in [1.54, 1.807) is 6.33 Å². The van der Waals surface area contributed by atoms with E-state index < -0.39 is 0 Å². The molecule has 0 bridgehead atoms. The molecule has 0 unspecified atom stereocenters. The molecular formula is C13H15N2. The van der Waals surface area contributed by atoms with Crippen molar-refractivity contribution >= 4 is 0 Å². The summed E-state index contributed by atoms with van der Waals surface area (Å²) in [7, 11) is 0. The summed E-state index contributed by atoms with van der Waals surface area (Å²) < 4.78 is 0. The van der Waals surface area contributed by atoms with Crippen molar-refractivity contribution in [3.63, 3.8) is 0 Å². The molecule has 2 nitrogen and oxygen atoms in total. The van der Waals surface area contributed by atoms with Crippen molar-refractivity contribution in [3.05, 3.63) is 60.0 Å². The number of nitrogens with one attached hydrogen (secondary N) is 1. The van der Waals surface area contributed by atoms with Crippen LogP contribution in [0, 0.1) is 13.8 Å². The smallest absolute Gasteiger partial charge is 0.0923 e. The van der Waals surface area contributed by atoms with Gasteiger partial charge in [0.25, 0.3) is 0 Å². The molecule has 77 valence electrons. The fourth-order valence-corrected chi connectivity index (χ4v) is 1.84. The molecule has 0 aliphatic rings. The number of nitrogens with zero attached hydrogens (tertiary/aromatic N) is 1. The van der Waals surface area contributed by atoms with Crippen LogP contribution in [0.15, 0.2) is 30.7 Å². The van der Waals surface area contributed by atoms with Gasteiger partial charge in [-0.1, -0.05) is 25.1 Å². The lowest BCUT2D eigenvalue weighted by Gasteiger charge is -2.13. The molecule has 0 spiro atoms. The fourth-order valence-electron chi connectivity index (χ4n) is 1.84. The monoisotopic (exact) mass is 199 g/mol. The van der Waals surface area contributed by atoms with E-state index in [0.29, 0.717) is 5.92 Å². The summed E-state index contributed by atoms with van der Waals surface area (Å²) in [5.74, 6) is 0.318. The van der Waals surface area contributed by atoms with Crippen LogP contribution in [0.5, 0.6) is 0 Å². The Morgan fingerprint density at radius 1 is 1.40 bits per heavy atom. The molecule has 2 aromatic rings. The van der Waals surface area contributed by atoms with E-state index in [1.165, 1.54) is 11.1 Å². The number of hydrogen-bond acceptors (Lipinski definition) is 1. The van der Waals surface area contributed by atoms with Gasteiger partial charge in [0.05, 0.1) is 12.0 Å². The SMILES string of the molecule is [CH2]c1cccc([C@H](C)c2c[nH]cn2)c1C. The van der Waals surface area contributed by atoms with Gasteiger partial charge in [-0.25, -0.2) is 4.98 Å². The first-order valence-corrected chi connectivity index (χ1v) is 5.10. The first-order chi connectivity index (χ1) is 7.20. The number of aromatic nitrogens is 2. The molecule has 0 saturated carbocycles. The average molecular weight is 199 g/mol. The molecule has 2 heteroatoms. The molecule has 0 fully saturated rings. The number of rotatable bonds is 2. The van der Waals surface area contributed by atoms with Crippen LogP contribution in [-0.2, 0) is 0 Å². The summed E-state index contributed by atoms with van der Waals surface area (Å²) in [6.45, 7) is 8.29. The number of benzene rings is 1. The highest BCUT2D eigenvalue weighted by molar-refractivity contribution is 5.40. The molecule has 1 N–H and O–H groups in total. The number of imidazole rings is 1. The van der Waals surface area contributed by atoms with E-state index >= 15 is 0 Å². The van der Waals surface area contributed by atoms with E-state index in [9.17, 15) is 0 Å². The molecule has 1 heterocycles. The highest BCUT2D eigenvalue weighted by Gasteiger charge is 2.12. The minimum Gasteiger partial charge on any atom is -0.351 e. The van der Waals surface area contributed by atoms with E-state index in [2.05, 4.69) is 36.8 Å². The predicted octanol–water partition coefficient (Wildman–Crippen LogP) is 3.05. The lowest BCUT2D eigenvalue weighted by Crippen LogP contribution is -2.00. The third-order valence-electron chi connectivity index (χ3n) is 2.92. The average Bonchev–Trinajstić information content (AvgIpc) is 2.74. The van der Waals surface area contributed by atoms with Crippen molar-refractivity contribution in [1.29, 1.82) is 0 Å². The molecule has 0 amide bonds. The Morgan fingerprint density at radius 2 is 2.20 bits per heavy atom. The lowest BCUT2D eigenvalue weighted by molar-refractivity contribution is 0.872. The summed E-state index contributed by atoms with van der Waals surface area (Å²) in [6.07, 6.45) is 3.66. The van der Waals surface area contributed by atoms with Gasteiger partial charge in [-0.2, -0.15) is 0 Å². The van der Waals surface area contributed by atoms with E-state index in [4.69, 9.17) is 0 Å². The summed E-state index contributed by atoms with van der Waals surface area (Å²) in [6, 6.07) is 6.23. The molecule has 1 aromatic heterocycles. The van der Waals surface area contributed by atoms with Crippen molar-refractivity contribution in [2.45, 2.75) is 19.8 Å². The Bertz CT molecular complexity index is 444. The maximum atomic E-state index is 4.29. The van der Waals surface area contributed by atoms with E-state index in [-0.39, 0.29) is 0 Å². The standard InChI is InChI=1S/C13H15N2/c1-9-5-4-6-12(10(9)2)11(3)13-7-14-8-15-13/h4-8,11H,1H2,2-3H3,(H,14,15)/t11-/m0/s1. The van der Waals surface area contributed by atoms with Gasteiger partial charge >= 0.3 is 0 Å². The minimum absolute atomic E-state index is 0.318. The summed E-state index contributed by atoms with van der Waals surface area (Å²) in [4.78, 5) is 7.28. The van der Waals surface area contributed by atoms with Crippen molar-refractivity contribution in [1.82, 2.24) is 9.97 Å². The lowest BCUT2D eigenvalue weighted by atomic mass is 9.92. The Balaban J connectivity index is 2.42. The molecule has 2 rings (SSSR count). The first kappa shape index (κ1) is 9.97. The summed E-state index contributed by atoms with van der Waals surface area (Å²) >= 11 is 0. The molecule has 15 heavy (non-hydrogen) atoms. The van der Waals surface area contributed by atoms with Gasteiger partial charge in [0.15, 0.2) is 0 Å². The van der Waals surface area contributed by atoms with Crippen molar-refractivity contribution in [2.75, 3.05) is 0 Å². The zero-order valence-corrected chi connectivity index (χ0v) is 9.12. The van der Waals surface area contributed by atoms with Gasteiger partial charge < -0.3 is 4.98 Å². The number of aromatic amines is 1. The van der Waals surface area contributed by atoms with E-state index in [0.717, 1.165) is 11.3 Å². The highest BCUT2D eigenvalue weighted by Crippen LogP contribution is 2.26. The second kappa shape index (κ2) is 3.89. The normalized spacial score (nSPS) is 12.7. The van der Waals surface area contributed by atoms with Crippen molar-refractivity contribution in [2.24, 2.45) is 0 Å². The number of hydrogen-bond donors (Lipinski definition) is 1. The molecule has 1 atom stereocenters. The van der Waals surface area contributed by atoms with Gasteiger partial charge in [0, 0.05) is 12.1 Å². The molecule has 1 radical (unpaired) electrons. The van der Waals surface area contributed by atoms with Gasteiger partial charge in [-0.15, -0.1) is 0 Å². The molecule has 0 aliphatic heterocycles. The van der Waals surface area contributed by atoms with Gasteiger partial charge in [-0.3, -0.25) is 0 Å². The summed E-state index contributed by atoms with van der Waals surface area (Å²) in [5, 5.41) is 0. The summed E-state index contributed by atoms with van der Waals surface area (Å²) in [5.41, 5.74) is 4.72. The molecule has 0 aliphatic carbocycles. The Labute approximate surface area is 90.4 Å². The quantitative estimate of drug-likeness (QED) is 0.791. The predicted molar refractivity (Wildman–Crippen MR) is 61.7 cm³/mol. The fraction of sp³-hybridized carbons (Fsp3) is 0.231. The van der Waals surface area contributed by atoms with Gasteiger partial charge in [0.1, 0.15) is 0 Å². The number of H-pyrrole nitrogens is 1. The zero-order chi connectivity index (χ0) is 10.8. The highest BCUT2D eigenvalue weighted by atomic mass is 14.9. The minimum atomic E-state index is 0.318. The first-order valence-electron chi connectivity index (χ1n) is 5.10. The van der Waals surface area contributed by atoms with Crippen molar-refractivity contribution in [3.8, 4) is 0 Å². The van der Waals surface area contributed by atoms with Crippen LogP contribution >= 0.6 is 0 Å². The Morgan fingerprint density at radius 3 is 2.87 bits per heavy atom. The van der Waals surface area contributed by atoms with Crippen LogP contribution in [0.1, 0.15) is 35.2 Å². The largest absolute Gasteiger partial charge is 0.351 e. The Kier molecular flexibility index (Phi) is 2.58. The van der Waals surface area contributed by atoms with Crippen LogP contribution < -0.4 is 0 Å². The van der Waals surface area contributed by atoms with Crippen LogP contribution in [0.25, 0.3) is 0 Å². The Hall–Kier alpha value is -1.57. The van der Waals surface area contributed by atoms with Gasteiger partial charge in [0.2, 0.25) is 0 Å². The van der Waals surface area contributed by atoms with Crippen LogP contribution in [0.3, 0.4) is 0 Å². The molecule has 1 aromatic carbocycles. The van der Waals surface area contributed by atoms with Gasteiger partial charge in [-0.05, 0) is 30.5 Å². The van der Waals surface area contributed by atoms with Crippen molar-refractivity contribution < 1.29 is 0 Å². The zero-order valence-electron chi connectivity index (χ0n) is 9.12. The second-order valence-electron chi connectivity index (χ2n) is 3.85. The molecule has 0 saturated heterocycles. The van der Waals surface area contributed by atoms with Crippen LogP contribution in [0.2, 0.25) is 0 Å². The third kappa shape index (κ3) is 1.80. The van der Waals surface area contributed by atoms with Crippen LogP contribution in [0.4, 0.5) is 0 Å². The van der Waals surface area contributed by atoms with Crippen LogP contribution in [-0.4, -0.2) is 9.97 Å². The maximum absolute atomic E-state index is 4.29.